The fourth-order valence-corrected chi connectivity index (χ4v) is 1.69. The molecule has 0 saturated heterocycles. The maximum absolute atomic E-state index is 11.0. The lowest BCUT2D eigenvalue weighted by atomic mass is 10.2. The molecule has 1 atom stereocenters. The maximum atomic E-state index is 11.0. The van der Waals surface area contributed by atoms with Gasteiger partial charge in [0.05, 0.1) is 9.13 Å². The summed E-state index contributed by atoms with van der Waals surface area (Å²) in [6.45, 7) is 1.77. The Morgan fingerprint density at radius 2 is 2.18 bits per heavy atom. The van der Waals surface area contributed by atoms with Crippen LogP contribution in [0.25, 0.3) is 0 Å². The van der Waals surface area contributed by atoms with Crippen molar-refractivity contribution in [2.75, 3.05) is 0 Å². The molecule has 6 heteroatoms. The molecule has 17 heavy (non-hydrogen) atoms. The summed E-state index contributed by atoms with van der Waals surface area (Å²) >= 11 is 2.00. The number of hydrogen-bond donors (Lipinski definition) is 2. The third-order valence-electron chi connectivity index (χ3n) is 2.14. The van der Waals surface area contributed by atoms with Gasteiger partial charge >= 0.3 is 5.97 Å². The highest BCUT2D eigenvalue weighted by molar-refractivity contribution is 14.1. The van der Waals surface area contributed by atoms with E-state index in [1.165, 1.54) is 12.1 Å². The van der Waals surface area contributed by atoms with Crippen LogP contribution in [-0.2, 0) is 4.79 Å². The van der Waals surface area contributed by atoms with E-state index in [1.54, 1.807) is 13.0 Å². The van der Waals surface area contributed by atoms with Gasteiger partial charge in [0.15, 0.2) is 6.10 Å². The number of primary amides is 1. The van der Waals surface area contributed by atoms with Crippen molar-refractivity contribution in [3.63, 3.8) is 0 Å². The van der Waals surface area contributed by atoms with E-state index >= 15 is 0 Å². The normalized spacial score (nSPS) is 11.9. The number of hydrogen-bond acceptors (Lipinski definition) is 3. The summed E-state index contributed by atoms with van der Waals surface area (Å²) in [4.78, 5) is 21.8. The molecule has 3 N–H and O–H groups in total. The summed E-state index contributed by atoms with van der Waals surface area (Å²) < 4.78 is 6.13. The molecule has 0 saturated carbocycles. The molecule has 0 bridgehead atoms. The van der Waals surface area contributed by atoms with Gasteiger partial charge in [-0.05, 0) is 47.2 Å². The minimum absolute atomic E-state index is 0.111. The average molecular weight is 349 g/mol. The van der Waals surface area contributed by atoms with Gasteiger partial charge in [-0.1, -0.05) is 6.92 Å². The first-order chi connectivity index (χ1) is 7.95. The Morgan fingerprint density at radius 1 is 1.53 bits per heavy atom. The van der Waals surface area contributed by atoms with Gasteiger partial charge in [-0.3, -0.25) is 4.79 Å². The number of carbonyl (C=O) groups is 2. The Morgan fingerprint density at radius 3 is 2.65 bits per heavy atom. The molecule has 0 aliphatic heterocycles. The highest BCUT2D eigenvalue weighted by atomic mass is 127. The number of carboxylic acids is 1. The standard InChI is InChI=1S/C11H12INO4/c1-2-8(10(13)14)17-9-5-6(11(15)16)3-4-7(9)12/h3-5,8H,2H2,1H3,(H2,13,14)(H,15,16). The van der Waals surface area contributed by atoms with Gasteiger partial charge in [-0.15, -0.1) is 0 Å². The van der Waals surface area contributed by atoms with Gasteiger partial charge < -0.3 is 15.6 Å². The number of rotatable bonds is 5. The molecule has 0 aliphatic rings. The zero-order valence-electron chi connectivity index (χ0n) is 9.14. The Balaban J connectivity index is 3.00. The second-order valence-corrected chi connectivity index (χ2v) is 4.53. The van der Waals surface area contributed by atoms with Crippen LogP contribution in [0, 0.1) is 3.57 Å². The Kier molecular flexibility index (Phi) is 4.73. The molecular weight excluding hydrogens is 337 g/mol. The van der Waals surface area contributed by atoms with E-state index in [1.807, 2.05) is 22.6 Å². The molecule has 1 rings (SSSR count). The van der Waals surface area contributed by atoms with Crippen molar-refractivity contribution in [1.29, 1.82) is 0 Å². The van der Waals surface area contributed by atoms with Gasteiger partial charge in [0.2, 0.25) is 0 Å². The summed E-state index contributed by atoms with van der Waals surface area (Å²) in [6, 6.07) is 4.48. The minimum atomic E-state index is -1.04. The van der Waals surface area contributed by atoms with Crippen LogP contribution in [0.2, 0.25) is 0 Å². The zero-order chi connectivity index (χ0) is 13.0. The molecule has 0 heterocycles. The summed E-state index contributed by atoms with van der Waals surface area (Å²) in [6.07, 6.45) is -0.310. The smallest absolute Gasteiger partial charge is 0.335 e. The second-order valence-electron chi connectivity index (χ2n) is 3.37. The van der Waals surface area contributed by atoms with E-state index in [-0.39, 0.29) is 5.56 Å². The summed E-state index contributed by atoms with van der Waals surface area (Å²) in [7, 11) is 0. The number of aromatic carboxylic acids is 1. The van der Waals surface area contributed by atoms with Crippen molar-refractivity contribution >= 4 is 34.5 Å². The molecule has 1 aromatic carbocycles. The number of benzene rings is 1. The monoisotopic (exact) mass is 349 g/mol. The van der Waals surface area contributed by atoms with Crippen LogP contribution in [-0.4, -0.2) is 23.1 Å². The number of carboxylic acid groups (broad SMARTS) is 1. The Bertz CT molecular complexity index is 447. The molecule has 0 aromatic heterocycles. The van der Waals surface area contributed by atoms with Crippen LogP contribution in [0.3, 0.4) is 0 Å². The zero-order valence-corrected chi connectivity index (χ0v) is 11.3. The van der Waals surface area contributed by atoms with Crippen LogP contribution in [0.1, 0.15) is 23.7 Å². The van der Waals surface area contributed by atoms with Crippen molar-refractivity contribution in [3.05, 3.63) is 27.3 Å². The van der Waals surface area contributed by atoms with Crippen molar-refractivity contribution < 1.29 is 19.4 Å². The van der Waals surface area contributed by atoms with Crippen LogP contribution in [0.5, 0.6) is 5.75 Å². The lowest BCUT2D eigenvalue weighted by Gasteiger charge is -2.15. The third kappa shape index (κ3) is 3.58. The van der Waals surface area contributed by atoms with Crippen LogP contribution < -0.4 is 10.5 Å². The molecule has 1 unspecified atom stereocenters. The summed E-state index contributed by atoms with van der Waals surface area (Å²) in [5.74, 6) is -1.25. The van der Waals surface area contributed by atoms with Crippen LogP contribution in [0.15, 0.2) is 18.2 Å². The van der Waals surface area contributed by atoms with Crippen molar-refractivity contribution in [3.8, 4) is 5.75 Å². The molecule has 1 aromatic rings. The van der Waals surface area contributed by atoms with Gasteiger partial charge in [-0.2, -0.15) is 0 Å². The number of halogens is 1. The first-order valence-corrected chi connectivity index (χ1v) is 6.02. The summed E-state index contributed by atoms with van der Waals surface area (Å²) in [5, 5.41) is 8.85. The topological polar surface area (TPSA) is 89.6 Å². The molecule has 5 nitrogen and oxygen atoms in total. The van der Waals surface area contributed by atoms with Gasteiger partial charge in [0, 0.05) is 0 Å². The molecule has 1 amide bonds. The van der Waals surface area contributed by atoms with E-state index in [0.717, 1.165) is 3.57 Å². The van der Waals surface area contributed by atoms with E-state index in [0.29, 0.717) is 12.2 Å². The largest absolute Gasteiger partial charge is 0.479 e. The van der Waals surface area contributed by atoms with Gasteiger partial charge in [-0.25, -0.2) is 4.79 Å². The fourth-order valence-electron chi connectivity index (χ4n) is 1.22. The molecular formula is C11H12INO4. The predicted molar refractivity (Wildman–Crippen MR) is 70.0 cm³/mol. The quantitative estimate of drug-likeness (QED) is 0.791. The van der Waals surface area contributed by atoms with Gasteiger partial charge in [0.25, 0.3) is 5.91 Å². The molecule has 0 aliphatic carbocycles. The lowest BCUT2D eigenvalue weighted by Crippen LogP contribution is -2.33. The first-order valence-electron chi connectivity index (χ1n) is 4.94. The molecule has 0 fully saturated rings. The van der Waals surface area contributed by atoms with E-state index in [9.17, 15) is 9.59 Å². The number of nitrogens with two attached hydrogens (primary N) is 1. The number of ether oxygens (including phenoxy) is 1. The third-order valence-corrected chi connectivity index (χ3v) is 3.03. The second kappa shape index (κ2) is 5.85. The highest BCUT2D eigenvalue weighted by Gasteiger charge is 2.17. The molecule has 0 radical (unpaired) electrons. The van der Waals surface area contributed by atoms with E-state index in [4.69, 9.17) is 15.6 Å². The fraction of sp³-hybridized carbons (Fsp3) is 0.273. The average Bonchev–Trinajstić information content (AvgIpc) is 2.27. The molecule has 92 valence electrons. The van der Waals surface area contributed by atoms with Crippen molar-refractivity contribution in [2.45, 2.75) is 19.4 Å². The SMILES string of the molecule is CCC(Oc1cc(C(=O)O)ccc1I)C(N)=O. The van der Waals surface area contributed by atoms with E-state index in [2.05, 4.69) is 0 Å². The summed E-state index contributed by atoms with van der Waals surface area (Å²) in [5.41, 5.74) is 5.27. The Labute approximate surface area is 112 Å². The Hall–Kier alpha value is -1.31. The van der Waals surface area contributed by atoms with Crippen LogP contribution >= 0.6 is 22.6 Å². The van der Waals surface area contributed by atoms with E-state index < -0.39 is 18.0 Å². The minimum Gasteiger partial charge on any atom is -0.479 e. The maximum Gasteiger partial charge on any atom is 0.335 e. The lowest BCUT2D eigenvalue weighted by molar-refractivity contribution is -0.124. The van der Waals surface area contributed by atoms with Crippen molar-refractivity contribution in [2.24, 2.45) is 5.73 Å². The van der Waals surface area contributed by atoms with Crippen LogP contribution in [0.4, 0.5) is 0 Å². The molecule has 0 spiro atoms. The predicted octanol–water partition coefficient (Wildman–Crippen LogP) is 1.63. The van der Waals surface area contributed by atoms with Gasteiger partial charge in [0.1, 0.15) is 5.75 Å². The number of carbonyl (C=O) groups excluding carboxylic acids is 1. The highest BCUT2D eigenvalue weighted by Crippen LogP contribution is 2.24. The van der Waals surface area contributed by atoms with Crippen molar-refractivity contribution in [1.82, 2.24) is 0 Å². The number of amides is 1. The first kappa shape index (κ1) is 13.8.